The van der Waals surface area contributed by atoms with Crippen LogP contribution in [0.5, 0.6) is 0 Å². The number of carboxylic acid groups (broad SMARTS) is 2. The van der Waals surface area contributed by atoms with E-state index >= 15 is 0 Å². The highest BCUT2D eigenvalue weighted by molar-refractivity contribution is 5.94. The van der Waals surface area contributed by atoms with E-state index in [2.05, 4.69) is 25.9 Å². The Labute approximate surface area is 249 Å². The second kappa shape index (κ2) is 16.7. The lowest BCUT2D eigenvalue weighted by molar-refractivity contribution is -0.142. The number of aliphatic imine (C=N–C) groups is 1. The maximum Gasteiger partial charge on any atom is 0.326 e. The second-order valence-corrected chi connectivity index (χ2v) is 10.7. The van der Waals surface area contributed by atoms with Crippen LogP contribution < -0.4 is 33.2 Å². The molecule has 0 bridgehead atoms. The average molecular weight is 603 g/mol. The number of rotatable bonds is 18. The van der Waals surface area contributed by atoms with Crippen LogP contribution in [0.25, 0.3) is 10.9 Å². The fourth-order valence-electron chi connectivity index (χ4n) is 4.47. The molecule has 0 spiro atoms. The molecule has 0 aliphatic carbocycles. The van der Waals surface area contributed by atoms with E-state index in [1.165, 1.54) is 0 Å². The summed E-state index contributed by atoms with van der Waals surface area (Å²) in [5.74, 6) is -4.79. The van der Waals surface area contributed by atoms with Crippen molar-refractivity contribution >= 4 is 46.5 Å². The lowest BCUT2D eigenvalue weighted by atomic mass is 10.0. The molecule has 4 unspecified atom stereocenters. The Kier molecular flexibility index (Phi) is 13.4. The largest absolute Gasteiger partial charge is 0.481 e. The molecule has 1 aromatic carbocycles. The Morgan fingerprint density at radius 2 is 1.51 bits per heavy atom. The fourth-order valence-corrected chi connectivity index (χ4v) is 4.47. The Bertz CT molecular complexity index is 1310. The summed E-state index contributed by atoms with van der Waals surface area (Å²) in [6.45, 7) is 3.87. The van der Waals surface area contributed by atoms with Gasteiger partial charge in [0, 0.05) is 36.5 Å². The van der Waals surface area contributed by atoms with E-state index in [1.54, 1.807) is 6.20 Å². The lowest BCUT2D eigenvalue weighted by Crippen LogP contribution is -2.57. The van der Waals surface area contributed by atoms with Gasteiger partial charge < -0.3 is 48.3 Å². The van der Waals surface area contributed by atoms with Gasteiger partial charge >= 0.3 is 11.9 Å². The molecule has 15 nitrogen and oxygen atoms in total. The molecule has 43 heavy (non-hydrogen) atoms. The number of carboxylic acids is 2. The third kappa shape index (κ3) is 11.6. The van der Waals surface area contributed by atoms with Gasteiger partial charge in [-0.2, -0.15) is 0 Å². The maximum absolute atomic E-state index is 13.4. The molecule has 0 aliphatic heterocycles. The molecule has 1 heterocycles. The number of carbonyl (C=O) groups is 5. The van der Waals surface area contributed by atoms with Crippen molar-refractivity contribution in [3.8, 4) is 0 Å². The van der Waals surface area contributed by atoms with E-state index in [0.717, 1.165) is 10.9 Å². The zero-order valence-electron chi connectivity index (χ0n) is 24.3. The molecule has 0 aliphatic rings. The number of nitrogens with two attached hydrogens (primary N) is 3. The third-order valence-corrected chi connectivity index (χ3v) is 6.63. The summed E-state index contributed by atoms with van der Waals surface area (Å²) >= 11 is 0. The topological polar surface area (TPSA) is 268 Å². The molecule has 12 N–H and O–H groups in total. The molecule has 0 fully saturated rings. The van der Waals surface area contributed by atoms with Gasteiger partial charge in [0.25, 0.3) is 0 Å². The molecular formula is C28H42N8O7. The molecule has 236 valence electrons. The van der Waals surface area contributed by atoms with E-state index in [1.807, 2.05) is 38.1 Å². The van der Waals surface area contributed by atoms with Gasteiger partial charge in [-0.25, -0.2) is 4.79 Å². The SMILES string of the molecule is CC(C)CC(N)C(=O)NC(CCC(=O)O)C(=O)NC(CCCN=C(N)N)C(=O)NC(Cc1c[nH]c2ccccc12)C(=O)O. The quantitative estimate of drug-likeness (QED) is 0.0602. The first-order valence-electron chi connectivity index (χ1n) is 14.0. The van der Waals surface area contributed by atoms with Gasteiger partial charge in [-0.05, 0) is 43.2 Å². The molecule has 0 saturated carbocycles. The van der Waals surface area contributed by atoms with Crippen molar-refractivity contribution in [1.29, 1.82) is 0 Å². The summed E-state index contributed by atoms with van der Waals surface area (Å²) in [5.41, 5.74) is 18.1. The molecule has 1 aromatic heterocycles. The normalized spacial score (nSPS) is 13.9. The molecule has 0 saturated heterocycles. The first kappa shape index (κ1) is 34.5. The number of nitrogens with zero attached hydrogens (tertiary/aromatic N) is 1. The van der Waals surface area contributed by atoms with E-state index in [-0.39, 0.29) is 44.1 Å². The molecule has 3 amide bonds. The standard InChI is InChI=1S/C28H42N8O7/c1-15(2)12-18(29)24(39)34-21(9-10-23(37)38)26(41)35-20(8-5-11-32-28(30)31)25(40)36-22(27(42)43)13-16-14-33-19-7-4-3-6-17(16)19/h3-4,6-7,14-15,18,20-22,33H,5,8-13,29H2,1-2H3,(H,34,39)(H,35,41)(H,36,40)(H,37,38)(H,42,43)(H4,30,31,32). The van der Waals surface area contributed by atoms with Gasteiger partial charge in [0.05, 0.1) is 6.04 Å². The van der Waals surface area contributed by atoms with Crippen LogP contribution in [0.2, 0.25) is 0 Å². The maximum atomic E-state index is 13.4. The van der Waals surface area contributed by atoms with Gasteiger partial charge in [-0.3, -0.25) is 24.2 Å². The summed E-state index contributed by atoms with van der Waals surface area (Å²) in [5, 5.41) is 27.4. The second-order valence-electron chi connectivity index (χ2n) is 10.7. The van der Waals surface area contributed by atoms with Crippen LogP contribution in [0.4, 0.5) is 0 Å². The Morgan fingerprint density at radius 1 is 0.907 bits per heavy atom. The summed E-state index contributed by atoms with van der Waals surface area (Å²) in [6, 6.07) is 2.48. The first-order valence-corrected chi connectivity index (χ1v) is 14.0. The molecule has 0 radical (unpaired) electrons. The Balaban J connectivity index is 2.24. The number of fused-ring (bicyclic) bond motifs is 1. The zero-order chi connectivity index (χ0) is 32.1. The summed E-state index contributed by atoms with van der Waals surface area (Å²) < 4.78 is 0. The van der Waals surface area contributed by atoms with Crippen LogP contribution in [0, 0.1) is 5.92 Å². The fraction of sp³-hybridized carbons (Fsp3) is 0.500. The number of H-pyrrole nitrogens is 1. The molecule has 15 heteroatoms. The highest BCUT2D eigenvalue weighted by Gasteiger charge is 2.31. The van der Waals surface area contributed by atoms with Crippen LogP contribution in [0.1, 0.15) is 51.5 Å². The van der Waals surface area contributed by atoms with Gasteiger partial charge in [0.15, 0.2) is 5.96 Å². The summed E-state index contributed by atoms with van der Waals surface area (Å²) in [6.07, 6.45) is 1.52. The summed E-state index contributed by atoms with van der Waals surface area (Å²) in [7, 11) is 0. The van der Waals surface area contributed by atoms with E-state index in [9.17, 15) is 29.1 Å². The van der Waals surface area contributed by atoms with Gasteiger partial charge in [0.2, 0.25) is 17.7 Å². The van der Waals surface area contributed by atoms with Crippen molar-refractivity contribution in [2.75, 3.05) is 6.54 Å². The van der Waals surface area contributed by atoms with Crippen LogP contribution in [0.3, 0.4) is 0 Å². The minimum absolute atomic E-state index is 0.0141. The number of guanidine groups is 1. The van der Waals surface area contributed by atoms with Crippen LogP contribution >= 0.6 is 0 Å². The number of aromatic amines is 1. The predicted molar refractivity (Wildman–Crippen MR) is 160 cm³/mol. The minimum atomic E-state index is -1.33. The van der Waals surface area contributed by atoms with Crippen LogP contribution in [-0.4, -0.2) is 81.5 Å². The number of aromatic nitrogens is 1. The molecule has 2 rings (SSSR count). The van der Waals surface area contributed by atoms with Crippen LogP contribution in [0.15, 0.2) is 35.5 Å². The minimum Gasteiger partial charge on any atom is -0.481 e. The average Bonchev–Trinajstić information content (AvgIpc) is 3.33. The number of para-hydroxylation sites is 1. The third-order valence-electron chi connectivity index (χ3n) is 6.63. The molecule has 4 atom stereocenters. The van der Waals surface area contributed by atoms with Crippen molar-refractivity contribution in [3.05, 3.63) is 36.0 Å². The smallest absolute Gasteiger partial charge is 0.326 e. The highest BCUT2D eigenvalue weighted by atomic mass is 16.4. The van der Waals surface area contributed by atoms with E-state index in [0.29, 0.717) is 12.0 Å². The van der Waals surface area contributed by atoms with Gasteiger partial charge in [-0.1, -0.05) is 32.0 Å². The van der Waals surface area contributed by atoms with E-state index < -0.39 is 60.2 Å². The van der Waals surface area contributed by atoms with Gasteiger partial charge in [0.1, 0.15) is 18.1 Å². The van der Waals surface area contributed by atoms with Gasteiger partial charge in [-0.15, -0.1) is 0 Å². The molecular weight excluding hydrogens is 560 g/mol. The van der Waals surface area contributed by atoms with Crippen molar-refractivity contribution in [1.82, 2.24) is 20.9 Å². The summed E-state index contributed by atoms with van der Waals surface area (Å²) in [4.78, 5) is 69.6. The number of carbonyl (C=O) groups excluding carboxylic acids is 3. The van der Waals surface area contributed by atoms with E-state index in [4.69, 9.17) is 22.3 Å². The monoisotopic (exact) mass is 602 g/mol. The lowest BCUT2D eigenvalue weighted by Gasteiger charge is -2.25. The first-order chi connectivity index (χ1) is 20.3. The number of nitrogens with one attached hydrogen (secondary N) is 4. The number of hydrogen-bond acceptors (Lipinski definition) is 7. The Hall–Kier alpha value is -4.66. The van der Waals surface area contributed by atoms with Crippen LogP contribution in [-0.2, 0) is 30.4 Å². The predicted octanol–water partition coefficient (Wildman–Crippen LogP) is -0.459. The number of amides is 3. The van der Waals surface area contributed by atoms with Crippen molar-refractivity contribution in [2.45, 2.75) is 76.5 Å². The number of hydrogen-bond donors (Lipinski definition) is 9. The zero-order valence-corrected chi connectivity index (χ0v) is 24.3. The number of benzene rings is 1. The van der Waals surface area contributed by atoms with Crippen molar-refractivity contribution in [2.24, 2.45) is 28.1 Å². The Morgan fingerprint density at radius 3 is 2.12 bits per heavy atom. The molecule has 2 aromatic rings. The highest BCUT2D eigenvalue weighted by Crippen LogP contribution is 2.19. The van der Waals surface area contributed by atoms with Crippen molar-refractivity contribution in [3.63, 3.8) is 0 Å². The number of aliphatic carboxylic acids is 2. The van der Waals surface area contributed by atoms with Crippen molar-refractivity contribution < 1.29 is 34.2 Å².